The average Bonchev–Trinajstić information content (AvgIpc) is 2.37. The molecule has 0 aromatic heterocycles. The third kappa shape index (κ3) is 4.39. The number of hydrogen-bond acceptors (Lipinski definition) is 6. The summed E-state index contributed by atoms with van der Waals surface area (Å²) in [4.78, 5) is 23.1. The van der Waals surface area contributed by atoms with Gasteiger partial charge in [0.25, 0.3) is 0 Å². The smallest absolute Gasteiger partial charge is 0.469 e. The maximum Gasteiger partial charge on any atom is 0.469 e. The summed E-state index contributed by atoms with van der Waals surface area (Å²) in [5.41, 5.74) is 0. The molecule has 8 nitrogen and oxygen atoms in total. The third-order valence-electron chi connectivity index (χ3n) is 1.64. The van der Waals surface area contributed by atoms with E-state index in [-0.39, 0.29) is 19.4 Å². The second-order valence-electron chi connectivity index (χ2n) is 2.84. The number of phosphoric acid groups is 1. The molecule has 0 bridgehead atoms. The lowest BCUT2D eigenvalue weighted by Crippen LogP contribution is -2.28. The molecular weight excluding hydrogens is 227 g/mol. The summed E-state index contributed by atoms with van der Waals surface area (Å²) in [6, 6.07) is -1.63. The van der Waals surface area contributed by atoms with E-state index in [0.717, 1.165) is 0 Å². The van der Waals surface area contributed by atoms with Crippen molar-refractivity contribution >= 4 is 19.7 Å². The van der Waals surface area contributed by atoms with Crippen LogP contribution in [0.1, 0.15) is 12.8 Å². The lowest BCUT2D eigenvalue weighted by molar-refractivity contribution is -0.223. The summed E-state index contributed by atoms with van der Waals surface area (Å²) >= 11 is 0. The van der Waals surface area contributed by atoms with Crippen LogP contribution in [0.5, 0.6) is 0 Å². The van der Waals surface area contributed by atoms with Gasteiger partial charge in [-0.15, -0.1) is 0 Å². The molecular formula is C6H9N2O6P-2. The van der Waals surface area contributed by atoms with Gasteiger partial charge in [0.1, 0.15) is 0 Å². The van der Waals surface area contributed by atoms with Crippen LogP contribution in [0.4, 0.5) is 0 Å². The number of amidine groups is 1. The van der Waals surface area contributed by atoms with E-state index in [4.69, 9.17) is 9.79 Å². The van der Waals surface area contributed by atoms with E-state index in [2.05, 4.69) is 14.5 Å². The van der Waals surface area contributed by atoms with E-state index < -0.39 is 25.8 Å². The Bertz CT molecular complexity index is 335. The minimum atomic E-state index is -4.46. The van der Waals surface area contributed by atoms with Crippen LogP contribution < -0.4 is 10.2 Å². The Morgan fingerprint density at radius 3 is 2.60 bits per heavy atom. The zero-order chi connectivity index (χ0) is 11.5. The van der Waals surface area contributed by atoms with Crippen molar-refractivity contribution in [3.8, 4) is 0 Å². The van der Waals surface area contributed by atoms with E-state index >= 15 is 0 Å². The molecule has 1 rings (SSSR count). The molecule has 0 saturated heterocycles. The van der Waals surface area contributed by atoms with Gasteiger partial charge in [0.2, 0.25) is 0 Å². The molecule has 15 heavy (non-hydrogen) atoms. The molecule has 1 aliphatic rings. The van der Waals surface area contributed by atoms with Crippen molar-refractivity contribution in [2.45, 2.75) is 18.9 Å². The highest BCUT2D eigenvalue weighted by atomic mass is 31.2. The first-order valence-corrected chi connectivity index (χ1v) is 5.62. The van der Waals surface area contributed by atoms with Crippen molar-refractivity contribution in [2.24, 2.45) is 9.98 Å². The van der Waals surface area contributed by atoms with Gasteiger partial charge in [-0.05, 0) is 18.7 Å². The van der Waals surface area contributed by atoms with E-state index in [1.54, 1.807) is 0 Å². The molecule has 1 atom stereocenters. The molecule has 1 aliphatic heterocycles. The molecule has 0 spiro atoms. The highest BCUT2D eigenvalue weighted by molar-refractivity contribution is 7.46. The number of nitrogens with zero attached hydrogens (tertiary/aromatic N) is 2. The van der Waals surface area contributed by atoms with Crippen molar-refractivity contribution < 1.29 is 29.1 Å². The predicted octanol–water partition coefficient (Wildman–Crippen LogP) is -2.27. The zero-order valence-corrected chi connectivity index (χ0v) is 8.46. The van der Waals surface area contributed by atoms with Crippen molar-refractivity contribution in [1.82, 2.24) is 0 Å². The lowest BCUT2D eigenvalue weighted by atomic mass is 10.2. The molecule has 9 heteroatoms. The molecule has 2 N–H and O–H groups in total. The predicted molar refractivity (Wildman–Crippen MR) is 45.9 cm³/mol. The monoisotopic (exact) mass is 236 g/mol. The summed E-state index contributed by atoms with van der Waals surface area (Å²) in [6.45, 7) is -0.197. The van der Waals surface area contributed by atoms with Gasteiger partial charge in [-0.25, -0.2) is 4.57 Å². The van der Waals surface area contributed by atoms with Gasteiger partial charge >= 0.3 is 7.82 Å². The molecule has 0 fully saturated rings. The second kappa shape index (κ2) is 4.71. The van der Waals surface area contributed by atoms with Crippen LogP contribution >= 0.6 is 7.82 Å². The van der Waals surface area contributed by atoms with Crippen molar-refractivity contribution in [2.75, 3.05) is 6.61 Å². The Balaban J connectivity index is 2.22. The summed E-state index contributed by atoms with van der Waals surface area (Å²) in [5, 5.41) is 21.4. The molecule has 0 saturated carbocycles. The Kier molecular flexibility index (Phi) is 3.81. The van der Waals surface area contributed by atoms with E-state index in [0.29, 0.717) is 0 Å². The van der Waals surface area contributed by atoms with Gasteiger partial charge in [-0.3, -0.25) is 14.5 Å². The fourth-order valence-corrected chi connectivity index (χ4v) is 1.40. The molecule has 0 aliphatic carbocycles. The Labute approximate surface area is 85.2 Å². The third-order valence-corrected chi connectivity index (χ3v) is 2.16. The topological polar surface area (TPSA) is 138 Å². The lowest BCUT2D eigenvalue weighted by Gasteiger charge is -2.13. The highest BCUT2D eigenvalue weighted by Gasteiger charge is 2.15. The summed E-state index contributed by atoms with van der Waals surface area (Å²) < 4.78 is 14.4. The first-order chi connectivity index (χ1) is 6.88. The van der Waals surface area contributed by atoms with E-state index in [1.165, 1.54) is 0 Å². The van der Waals surface area contributed by atoms with Crippen molar-refractivity contribution in [1.29, 1.82) is 0 Å². The number of aliphatic imine (C=N–C) groups is 2. The number of phosphoric ester groups is 1. The zero-order valence-electron chi connectivity index (χ0n) is 7.57. The van der Waals surface area contributed by atoms with Gasteiger partial charge < -0.3 is 20.0 Å². The van der Waals surface area contributed by atoms with Crippen LogP contribution in [-0.4, -0.2) is 34.4 Å². The van der Waals surface area contributed by atoms with Crippen LogP contribution in [0, 0.1) is 0 Å². The number of hydrogen-bond donors (Lipinski definition) is 2. The van der Waals surface area contributed by atoms with Gasteiger partial charge in [0, 0.05) is 0 Å². The van der Waals surface area contributed by atoms with Crippen LogP contribution in [0.3, 0.4) is 0 Å². The molecule has 0 aromatic rings. The fraction of sp³-hybridized carbons (Fsp3) is 0.667. The first kappa shape index (κ1) is 12.1. The van der Waals surface area contributed by atoms with Crippen LogP contribution in [0.2, 0.25) is 0 Å². The van der Waals surface area contributed by atoms with Gasteiger partial charge in [0.05, 0.1) is 18.7 Å². The first-order valence-electron chi connectivity index (χ1n) is 4.09. The maximum atomic E-state index is 10.9. The minimum absolute atomic E-state index is 0.189. The summed E-state index contributed by atoms with van der Waals surface area (Å²) in [7, 11) is -4.46. The fourth-order valence-electron chi connectivity index (χ4n) is 1.03. The summed E-state index contributed by atoms with van der Waals surface area (Å²) in [5.74, 6) is -0.615. The van der Waals surface area contributed by atoms with Gasteiger partial charge in [-0.2, -0.15) is 0 Å². The Morgan fingerprint density at radius 2 is 2.13 bits per heavy atom. The molecule has 0 aromatic carbocycles. The van der Waals surface area contributed by atoms with Crippen molar-refractivity contribution in [3.05, 3.63) is 0 Å². The maximum absolute atomic E-state index is 10.9. The quantitative estimate of drug-likeness (QED) is 0.408. The standard InChI is InChI=1S/C6H11N2O6P/c9-5-4(7-6(10)8-5)2-1-3-14-15(11,12)13/h4H,1-3H2,(H2,11,12,13)(H2,7,8,9,10)/p-2. The summed E-state index contributed by atoms with van der Waals surface area (Å²) in [6.07, 6.45) is 0.405. The van der Waals surface area contributed by atoms with Gasteiger partial charge in [-0.1, -0.05) is 0 Å². The van der Waals surface area contributed by atoms with E-state index in [9.17, 15) is 14.8 Å². The Hall–Kier alpha value is -0.950. The molecule has 1 unspecified atom stereocenters. The normalized spacial score (nSPS) is 21.3. The second-order valence-corrected chi connectivity index (χ2v) is 4.08. The molecule has 0 radical (unpaired) electrons. The molecule has 0 amide bonds. The number of rotatable bonds is 5. The average molecular weight is 236 g/mol. The van der Waals surface area contributed by atoms with Crippen LogP contribution in [-0.2, 0) is 9.09 Å². The SMILES string of the molecule is O=P(O)(O)OCCCC1N=C([O-])N=C1[O-]. The highest BCUT2D eigenvalue weighted by Crippen LogP contribution is 2.35. The van der Waals surface area contributed by atoms with E-state index in [1.807, 2.05) is 0 Å². The Morgan fingerprint density at radius 1 is 1.47 bits per heavy atom. The van der Waals surface area contributed by atoms with Crippen molar-refractivity contribution in [3.63, 3.8) is 0 Å². The molecule has 1 heterocycles. The minimum Gasteiger partial charge on any atom is -0.860 e. The molecule has 86 valence electrons. The van der Waals surface area contributed by atoms with Gasteiger partial charge in [0.15, 0.2) is 0 Å². The van der Waals surface area contributed by atoms with Crippen LogP contribution in [0.25, 0.3) is 0 Å². The van der Waals surface area contributed by atoms with Crippen LogP contribution in [0.15, 0.2) is 9.98 Å². The largest absolute Gasteiger partial charge is 0.860 e.